The van der Waals surface area contributed by atoms with Crippen molar-refractivity contribution in [3.05, 3.63) is 34.3 Å². The molecule has 1 heterocycles. The second-order valence-corrected chi connectivity index (χ2v) is 3.54. The van der Waals surface area contributed by atoms with E-state index in [1.807, 2.05) is 24.3 Å². The standard InChI is InChI=1S/C9H8BrNO/c10-8-3-1-7(2-4-8)9-5-6-12-11-9/h1-4H,5-6H2. The van der Waals surface area contributed by atoms with Gasteiger partial charge in [0.2, 0.25) is 0 Å². The molecule has 1 aromatic rings. The highest BCUT2D eigenvalue weighted by atomic mass is 79.9. The fourth-order valence-electron chi connectivity index (χ4n) is 1.15. The first-order chi connectivity index (χ1) is 5.86. The Morgan fingerprint density at radius 2 is 2.00 bits per heavy atom. The first-order valence-electron chi connectivity index (χ1n) is 3.81. The molecule has 2 nitrogen and oxygen atoms in total. The summed E-state index contributed by atoms with van der Waals surface area (Å²) in [5, 5.41) is 3.94. The van der Waals surface area contributed by atoms with Gasteiger partial charge in [-0.1, -0.05) is 33.2 Å². The molecule has 0 atom stereocenters. The smallest absolute Gasteiger partial charge is 0.122 e. The van der Waals surface area contributed by atoms with Gasteiger partial charge in [0.1, 0.15) is 6.61 Å². The molecule has 0 aliphatic carbocycles. The van der Waals surface area contributed by atoms with Crippen LogP contribution in [0.25, 0.3) is 0 Å². The average molecular weight is 226 g/mol. The monoisotopic (exact) mass is 225 g/mol. The van der Waals surface area contributed by atoms with Crippen molar-refractivity contribution >= 4 is 21.6 Å². The normalized spacial score (nSPS) is 15.6. The zero-order valence-corrected chi connectivity index (χ0v) is 8.04. The molecular formula is C9H8BrNO. The van der Waals surface area contributed by atoms with E-state index in [1.54, 1.807) is 0 Å². The lowest BCUT2D eigenvalue weighted by Gasteiger charge is -1.96. The molecule has 0 unspecified atom stereocenters. The predicted molar refractivity (Wildman–Crippen MR) is 51.2 cm³/mol. The van der Waals surface area contributed by atoms with Crippen LogP contribution in [0.4, 0.5) is 0 Å². The minimum atomic E-state index is 0.714. The summed E-state index contributed by atoms with van der Waals surface area (Å²) in [7, 11) is 0. The van der Waals surface area contributed by atoms with Gasteiger partial charge >= 0.3 is 0 Å². The van der Waals surface area contributed by atoms with Gasteiger partial charge in [-0.3, -0.25) is 0 Å². The highest BCUT2D eigenvalue weighted by molar-refractivity contribution is 9.10. The molecule has 1 aromatic carbocycles. The Morgan fingerprint density at radius 1 is 1.25 bits per heavy atom. The molecule has 2 rings (SSSR count). The Morgan fingerprint density at radius 3 is 2.58 bits per heavy atom. The number of oxime groups is 1. The van der Waals surface area contributed by atoms with Crippen LogP contribution in [0.3, 0.4) is 0 Å². The Labute approximate surface area is 79.4 Å². The van der Waals surface area contributed by atoms with Gasteiger partial charge in [0.25, 0.3) is 0 Å². The van der Waals surface area contributed by atoms with Crippen LogP contribution < -0.4 is 0 Å². The first kappa shape index (κ1) is 7.80. The zero-order chi connectivity index (χ0) is 8.39. The first-order valence-corrected chi connectivity index (χ1v) is 4.60. The summed E-state index contributed by atoms with van der Waals surface area (Å²) in [5.74, 6) is 0. The van der Waals surface area contributed by atoms with Gasteiger partial charge in [-0.25, -0.2) is 0 Å². The lowest BCUT2D eigenvalue weighted by molar-refractivity contribution is 0.174. The average Bonchev–Trinajstić information content (AvgIpc) is 2.58. The molecule has 0 saturated heterocycles. The number of benzene rings is 1. The van der Waals surface area contributed by atoms with E-state index in [1.165, 1.54) is 0 Å². The van der Waals surface area contributed by atoms with Gasteiger partial charge in [0.05, 0.1) is 5.71 Å². The van der Waals surface area contributed by atoms with E-state index < -0.39 is 0 Å². The van der Waals surface area contributed by atoms with E-state index in [-0.39, 0.29) is 0 Å². The van der Waals surface area contributed by atoms with Crippen molar-refractivity contribution in [3.8, 4) is 0 Å². The van der Waals surface area contributed by atoms with Crippen LogP contribution in [-0.2, 0) is 4.84 Å². The molecule has 3 heteroatoms. The van der Waals surface area contributed by atoms with Gasteiger partial charge in [-0.2, -0.15) is 0 Å². The molecule has 0 N–H and O–H groups in total. The van der Waals surface area contributed by atoms with Crippen LogP contribution in [-0.4, -0.2) is 12.3 Å². The van der Waals surface area contributed by atoms with Crippen molar-refractivity contribution in [3.63, 3.8) is 0 Å². The lowest BCUT2D eigenvalue weighted by atomic mass is 10.1. The molecule has 0 amide bonds. The molecule has 1 aliphatic rings. The number of nitrogens with zero attached hydrogens (tertiary/aromatic N) is 1. The molecule has 0 saturated carbocycles. The van der Waals surface area contributed by atoms with Crippen molar-refractivity contribution in [1.82, 2.24) is 0 Å². The molecule has 0 spiro atoms. The summed E-state index contributed by atoms with van der Waals surface area (Å²) < 4.78 is 1.09. The van der Waals surface area contributed by atoms with Crippen molar-refractivity contribution in [2.24, 2.45) is 5.16 Å². The van der Waals surface area contributed by atoms with E-state index >= 15 is 0 Å². The Balaban J connectivity index is 2.28. The van der Waals surface area contributed by atoms with Gasteiger partial charge < -0.3 is 4.84 Å². The SMILES string of the molecule is Brc1ccc(C2=NOCC2)cc1. The molecule has 12 heavy (non-hydrogen) atoms. The second kappa shape index (κ2) is 3.27. The van der Waals surface area contributed by atoms with Gasteiger partial charge in [0.15, 0.2) is 0 Å². The molecule has 0 radical (unpaired) electrons. The van der Waals surface area contributed by atoms with E-state index in [4.69, 9.17) is 4.84 Å². The summed E-state index contributed by atoms with van der Waals surface area (Å²) in [6, 6.07) is 8.10. The van der Waals surface area contributed by atoms with Crippen LogP contribution >= 0.6 is 15.9 Å². The van der Waals surface area contributed by atoms with Crippen LogP contribution in [0.15, 0.2) is 33.9 Å². The highest BCUT2D eigenvalue weighted by Gasteiger charge is 2.09. The molecular weight excluding hydrogens is 218 g/mol. The van der Waals surface area contributed by atoms with Crippen molar-refractivity contribution in [2.45, 2.75) is 6.42 Å². The summed E-state index contributed by atoms with van der Waals surface area (Å²) in [6.07, 6.45) is 0.918. The fraction of sp³-hybridized carbons (Fsp3) is 0.222. The third-order valence-electron chi connectivity index (χ3n) is 1.78. The van der Waals surface area contributed by atoms with Crippen molar-refractivity contribution < 1.29 is 4.84 Å². The molecule has 62 valence electrons. The maximum absolute atomic E-state index is 4.92. The summed E-state index contributed by atoms with van der Waals surface area (Å²) in [4.78, 5) is 4.92. The molecule has 0 fully saturated rings. The summed E-state index contributed by atoms with van der Waals surface area (Å²) in [5.41, 5.74) is 2.19. The third kappa shape index (κ3) is 1.50. The van der Waals surface area contributed by atoms with Gasteiger partial charge in [-0.05, 0) is 17.7 Å². The van der Waals surface area contributed by atoms with Crippen LogP contribution in [0.2, 0.25) is 0 Å². The Bertz CT molecular complexity index is 305. The minimum absolute atomic E-state index is 0.714. The number of rotatable bonds is 1. The van der Waals surface area contributed by atoms with Crippen LogP contribution in [0.5, 0.6) is 0 Å². The number of hydrogen-bond acceptors (Lipinski definition) is 2. The van der Waals surface area contributed by atoms with Gasteiger partial charge in [-0.15, -0.1) is 0 Å². The fourth-order valence-corrected chi connectivity index (χ4v) is 1.42. The van der Waals surface area contributed by atoms with Gasteiger partial charge in [0, 0.05) is 10.9 Å². The zero-order valence-electron chi connectivity index (χ0n) is 6.46. The largest absolute Gasteiger partial charge is 0.395 e. The predicted octanol–water partition coefficient (Wildman–Crippen LogP) is 2.57. The van der Waals surface area contributed by atoms with Crippen molar-refractivity contribution in [1.29, 1.82) is 0 Å². The third-order valence-corrected chi connectivity index (χ3v) is 2.31. The van der Waals surface area contributed by atoms with E-state index in [9.17, 15) is 0 Å². The van der Waals surface area contributed by atoms with E-state index in [2.05, 4.69) is 21.1 Å². The van der Waals surface area contributed by atoms with E-state index in [0.717, 1.165) is 22.2 Å². The molecule has 1 aliphatic heterocycles. The maximum atomic E-state index is 4.92. The molecule has 0 bridgehead atoms. The van der Waals surface area contributed by atoms with Crippen LogP contribution in [0, 0.1) is 0 Å². The topological polar surface area (TPSA) is 21.6 Å². The summed E-state index contributed by atoms with van der Waals surface area (Å²) in [6.45, 7) is 0.714. The number of hydrogen-bond donors (Lipinski definition) is 0. The Kier molecular flexibility index (Phi) is 2.13. The minimum Gasteiger partial charge on any atom is -0.395 e. The molecule has 0 aromatic heterocycles. The summed E-state index contributed by atoms with van der Waals surface area (Å²) >= 11 is 3.38. The lowest BCUT2D eigenvalue weighted by Crippen LogP contribution is -1.95. The van der Waals surface area contributed by atoms with Crippen LogP contribution in [0.1, 0.15) is 12.0 Å². The van der Waals surface area contributed by atoms with E-state index in [0.29, 0.717) is 6.61 Å². The second-order valence-electron chi connectivity index (χ2n) is 2.63. The number of halogens is 1. The van der Waals surface area contributed by atoms with Crippen molar-refractivity contribution in [2.75, 3.05) is 6.61 Å². The Hall–Kier alpha value is -0.830. The quantitative estimate of drug-likeness (QED) is 0.721. The highest BCUT2D eigenvalue weighted by Crippen LogP contribution is 2.14. The maximum Gasteiger partial charge on any atom is 0.122 e.